The molecule has 3 aliphatic rings. The van der Waals surface area contributed by atoms with Gasteiger partial charge in [0.15, 0.2) is 0 Å². The molecule has 3 nitrogen and oxygen atoms in total. The van der Waals surface area contributed by atoms with Crippen LogP contribution in [0.25, 0.3) is 0 Å². The molecule has 0 heterocycles. The number of rotatable bonds is 2. The van der Waals surface area contributed by atoms with Crippen LogP contribution in [0.15, 0.2) is 12.2 Å². The Morgan fingerprint density at radius 1 is 1.39 bits per heavy atom. The molecule has 2 bridgehead atoms. The topological polar surface area (TPSA) is 46.5 Å². The third-order valence-electron chi connectivity index (χ3n) is 3.87. The summed E-state index contributed by atoms with van der Waals surface area (Å²) >= 11 is 0. The molecule has 0 aromatic rings. The first-order valence-corrected chi connectivity index (χ1v) is 5.83. The van der Waals surface area contributed by atoms with Crippen LogP contribution in [0.4, 0.5) is 13.2 Å². The second-order valence-electron chi connectivity index (χ2n) is 5.14. The van der Waals surface area contributed by atoms with Gasteiger partial charge < -0.3 is 9.84 Å². The highest BCUT2D eigenvalue weighted by molar-refractivity contribution is 5.87. The molecule has 0 saturated heterocycles. The first-order chi connectivity index (χ1) is 8.18. The zero-order valence-corrected chi connectivity index (χ0v) is 9.96. The van der Waals surface area contributed by atoms with Gasteiger partial charge in [-0.05, 0) is 26.2 Å². The number of halogens is 3. The zero-order valence-electron chi connectivity index (χ0n) is 9.96. The van der Waals surface area contributed by atoms with Gasteiger partial charge in [0, 0.05) is 11.5 Å². The summed E-state index contributed by atoms with van der Waals surface area (Å²) in [6.07, 6.45) is -0.919. The number of hydrogen-bond acceptors (Lipinski definition) is 3. The molecule has 3 aliphatic carbocycles. The van der Waals surface area contributed by atoms with Gasteiger partial charge >= 0.3 is 11.9 Å². The van der Waals surface area contributed by atoms with E-state index >= 15 is 0 Å². The Balaban J connectivity index is 2.19. The Kier molecular flexibility index (Phi) is 2.96. The summed E-state index contributed by atoms with van der Waals surface area (Å²) in [5.41, 5.74) is 0.107. The maximum atomic E-state index is 13.7. The minimum atomic E-state index is -3.88. The largest absolute Gasteiger partial charge is 0.458 e. The van der Waals surface area contributed by atoms with Gasteiger partial charge in [0.1, 0.15) is 6.10 Å². The molecule has 4 atom stereocenters. The molecule has 0 aromatic heterocycles. The van der Waals surface area contributed by atoms with Crippen molar-refractivity contribution in [3.05, 3.63) is 12.2 Å². The van der Waals surface area contributed by atoms with E-state index < -0.39 is 35.7 Å². The minimum absolute atomic E-state index is 0.0397. The lowest BCUT2D eigenvalue weighted by molar-refractivity contribution is -0.352. The highest BCUT2D eigenvalue weighted by Gasteiger charge is 2.71. The van der Waals surface area contributed by atoms with Crippen LogP contribution < -0.4 is 0 Å². The third-order valence-corrected chi connectivity index (χ3v) is 3.87. The van der Waals surface area contributed by atoms with Gasteiger partial charge in [0.2, 0.25) is 0 Å². The van der Waals surface area contributed by atoms with Crippen LogP contribution in [-0.4, -0.2) is 29.0 Å². The van der Waals surface area contributed by atoms with Gasteiger partial charge in [-0.25, -0.2) is 9.18 Å². The molecule has 3 saturated carbocycles. The molecule has 0 spiro atoms. The predicted molar refractivity (Wildman–Crippen MR) is 56.5 cm³/mol. The quantitative estimate of drug-likeness (QED) is 0.614. The monoisotopic (exact) mass is 264 g/mol. The molecule has 0 amide bonds. The number of ether oxygens (including phenoxy) is 1. The van der Waals surface area contributed by atoms with Crippen LogP contribution in [0.3, 0.4) is 0 Å². The van der Waals surface area contributed by atoms with E-state index in [4.69, 9.17) is 4.74 Å². The van der Waals surface area contributed by atoms with Crippen molar-refractivity contribution in [2.24, 2.45) is 11.8 Å². The number of carbonyl (C=O) groups excluding carboxylic acids is 1. The summed E-state index contributed by atoms with van der Waals surface area (Å²) in [6.45, 7) is 4.77. The van der Waals surface area contributed by atoms with Gasteiger partial charge in [0.05, 0.1) is 5.92 Å². The Morgan fingerprint density at radius 3 is 2.50 bits per heavy atom. The van der Waals surface area contributed by atoms with Crippen LogP contribution in [0.5, 0.6) is 0 Å². The van der Waals surface area contributed by atoms with Crippen molar-refractivity contribution >= 4 is 5.97 Å². The lowest BCUT2D eigenvalue weighted by Crippen LogP contribution is -2.65. The number of aliphatic hydroxyl groups is 1. The maximum absolute atomic E-state index is 13.7. The SMILES string of the molecule is C=C(C)C(=O)OC1CC2CCC1C(F)(F)C2(O)F. The fourth-order valence-corrected chi connectivity index (χ4v) is 2.79. The van der Waals surface area contributed by atoms with Crippen LogP contribution in [0.1, 0.15) is 26.2 Å². The van der Waals surface area contributed by atoms with Crippen LogP contribution in [0, 0.1) is 11.8 Å². The number of alkyl halides is 3. The average molecular weight is 264 g/mol. The van der Waals surface area contributed by atoms with Crippen LogP contribution in [-0.2, 0) is 9.53 Å². The zero-order chi connectivity index (χ0) is 13.7. The Labute approximate surface area is 103 Å². The molecule has 1 N–H and O–H groups in total. The standard InChI is InChI=1S/C12H15F3O3/c1-6(2)10(16)18-9-5-7-3-4-8(9)11(13,14)12(7,15)17/h7-9,17H,1,3-5H2,2H3. The molecule has 0 aromatic carbocycles. The summed E-state index contributed by atoms with van der Waals surface area (Å²) in [5, 5.41) is 9.28. The molecular weight excluding hydrogens is 249 g/mol. The summed E-state index contributed by atoms with van der Waals surface area (Å²) in [4.78, 5) is 11.3. The minimum Gasteiger partial charge on any atom is -0.458 e. The second-order valence-corrected chi connectivity index (χ2v) is 5.14. The first kappa shape index (κ1) is 13.4. The smallest absolute Gasteiger partial charge is 0.333 e. The molecule has 4 unspecified atom stereocenters. The highest BCUT2D eigenvalue weighted by Crippen LogP contribution is 2.57. The summed E-state index contributed by atoms with van der Waals surface area (Å²) in [6, 6.07) is 0. The van der Waals surface area contributed by atoms with Crippen molar-refractivity contribution in [2.45, 2.75) is 44.1 Å². The summed E-state index contributed by atoms with van der Waals surface area (Å²) < 4.78 is 46.1. The van der Waals surface area contributed by atoms with Gasteiger partial charge in [-0.15, -0.1) is 0 Å². The van der Waals surface area contributed by atoms with Gasteiger partial charge in [0.25, 0.3) is 5.85 Å². The summed E-state index contributed by atoms with van der Waals surface area (Å²) in [7, 11) is 0. The molecule has 3 rings (SSSR count). The Hall–Kier alpha value is -1.04. The number of carbonyl (C=O) groups is 1. The number of hydrogen-bond donors (Lipinski definition) is 1. The molecule has 3 fully saturated rings. The van der Waals surface area contributed by atoms with E-state index in [2.05, 4.69) is 6.58 Å². The lowest BCUT2D eigenvalue weighted by Gasteiger charge is -2.52. The van der Waals surface area contributed by atoms with E-state index in [1.807, 2.05) is 0 Å². The molecule has 6 heteroatoms. The van der Waals surface area contributed by atoms with Crippen LogP contribution >= 0.6 is 0 Å². The van der Waals surface area contributed by atoms with Gasteiger partial charge in [-0.3, -0.25) is 0 Å². The van der Waals surface area contributed by atoms with E-state index in [1.54, 1.807) is 0 Å². The molecule has 18 heavy (non-hydrogen) atoms. The molecule has 0 radical (unpaired) electrons. The third kappa shape index (κ3) is 1.74. The van der Waals surface area contributed by atoms with Crippen molar-refractivity contribution < 1.29 is 27.8 Å². The Bertz CT molecular complexity index is 392. The van der Waals surface area contributed by atoms with Gasteiger partial charge in [-0.1, -0.05) is 6.58 Å². The molecule has 0 aliphatic heterocycles. The summed E-state index contributed by atoms with van der Waals surface area (Å²) in [5.74, 6) is -10.8. The predicted octanol–water partition coefficient (Wildman–Crippen LogP) is 2.20. The fourth-order valence-electron chi connectivity index (χ4n) is 2.79. The first-order valence-electron chi connectivity index (χ1n) is 5.83. The van der Waals surface area contributed by atoms with Crippen LogP contribution in [0.2, 0.25) is 0 Å². The molecular formula is C12H15F3O3. The average Bonchev–Trinajstić information content (AvgIpc) is 2.26. The van der Waals surface area contributed by atoms with Crippen molar-refractivity contribution in [1.82, 2.24) is 0 Å². The van der Waals surface area contributed by atoms with E-state index in [-0.39, 0.29) is 24.8 Å². The fraction of sp³-hybridized carbons (Fsp3) is 0.750. The van der Waals surface area contributed by atoms with Crippen molar-refractivity contribution in [1.29, 1.82) is 0 Å². The number of fused-ring (bicyclic) bond motifs is 3. The van der Waals surface area contributed by atoms with E-state index in [9.17, 15) is 23.1 Å². The highest BCUT2D eigenvalue weighted by atomic mass is 19.3. The van der Waals surface area contributed by atoms with Crippen molar-refractivity contribution in [3.8, 4) is 0 Å². The number of esters is 1. The van der Waals surface area contributed by atoms with Gasteiger partial charge in [-0.2, -0.15) is 8.78 Å². The van der Waals surface area contributed by atoms with Crippen molar-refractivity contribution in [2.75, 3.05) is 0 Å². The van der Waals surface area contributed by atoms with E-state index in [0.29, 0.717) is 0 Å². The second kappa shape index (κ2) is 3.98. The Morgan fingerprint density at radius 2 is 2.00 bits per heavy atom. The molecule has 102 valence electrons. The maximum Gasteiger partial charge on any atom is 0.333 e. The normalized spacial score (nSPS) is 41.5. The van der Waals surface area contributed by atoms with Crippen molar-refractivity contribution in [3.63, 3.8) is 0 Å². The lowest BCUT2D eigenvalue weighted by atomic mass is 9.63. The van der Waals surface area contributed by atoms with E-state index in [0.717, 1.165) is 0 Å². The van der Waals surface area contributed by atoms with E-state index in [1.165, 1.54) is 6.92 Å².